The number of nitrogens with zero attached hydrogens (tertiary/aromatic N) is 2. The number of fused-ring (bicyclic) bond motifs is 1. The molecule has 1 N–H and O–H groups in total. The van der Waals surface area contributed by atoms with Crippen LogP contribution in [0.2, 0.25) is 0 Å². The number of para-hydroxylation sites is 2. The highest BCUT2D eigenvalue weighted by molar-refractivity contribution is 7.92. The number of imidazole rings is 1. The number of sulfonamides is 1. The van der Waals surface area contributed by atoms with Gasteiger partial charge in [0, 0.05) is 18.7 Å². The molecule has 166 valence electrons. The number of rotatable bonds is 7. The van der Waals surface area contributed by atoms with Gasteiger partial charge in [-0.05, 0) is 75.1 Å². The monoisotopic (exact) mass is 447 g/mol. The lowest BCUT2D eigenvalue weighted by Crippen LogP contribution is -2.16. The fourth-order valence-corrected chi connectivity index (χ4v) is 5.98. The summed E-state index contributed by atoms with van der Waals surface area (Å²) in [4.78, 5) is 5.14. The molecule has 0 fully saturated rings. The molecule has 0 atom stereocenters. The van der Waals surface area contributed by atoms with Crippen LogP contribution in [0.25, 0.3) is 11.0 Å². The molecule has 32 heavy (non-hydrogen) atoms. The molecule has 0 aliphatic carbocycles. The van der Waals surface area contributed by atoms with Crippen LogP contribution in [0.3, 0.4) is 0 Å². The summed E-state index contributed by atoms with van der Waals surface area (Å²) in [5.74, 6) is 1.07. The topological polar surface area (TPSA) is 64.0 Å². The van der Waals surface area contributed by atoms with Crippen molar-refractivity contribution in [2.75, 3.05) is 4.72 Å². The Labute approximate surface area is 190 Å². The SMILES string of the molecule is CCn1c(CCc2ccc(NS(=O)(=O)c3c(C)cc(C)cc3C)cc2)nc2ccccc21. The van der Waals surface area contributed by atoms with Gasteiger partial charge in [-0.15, -0.1) is 0 Å². The molecule has 0 spiro atoms. The second kappa shape index (κ2) is 8.79. The Kier molecular flexibility index (Phi) is 6.07. The number of hydrogen-bond acceptors (Lipinski definition) is 3. The Morgan fingerprint density at radius 3 is 2.22 bits per heavy atom. The van der Waals surface area contributed by atoms with Crippen molar-refractivity contribution in [3.63, 3.8) is 0 Å². The molecule has 4 rings (SSSR count). The lowest BCUT2D eigenvalue weighted by molar-refractivity contribution is 0.600. The molecule has 0 aliphatic rings. The highest BCUT2D eigenvalue weighted by Crippen LogP contribution is 2.25. The number of aryl methyl sites for hydroxylation is 6. The minimum atomic E-state index is -3.65. The fraction of sp³-hybridized carbons (Fsp3) is 0.269. The minimum Gasteiger partial charge on any atom is -0.328 e. The van der Waals surface area contributed by atoms with Gasteiger partial charge in [-0.25, -0.2) is 13.4 Å². The van der Waals surface area contributed by atoms with Crippen molar-refractivity contribution in [3.8, 4) is 0 Å². The van der Waals surface area contributed by atoms with Gasteiger partial charge in [0.1, 0.15) is 5.82 Å². The summed E-state index contributed by atoms with van der Waals surface area (Å²) in [5.41, 5.74) is 6.46. The third-order valence-electron chi connectivity index (χ3n) is 5.77. The second-order valence-corrected chi connectivity index (χ2v) is 9.91. The zero-order chi connectivity index (χ0) is 22.9. The average molecular weight is 448 g/mol. The largest absolute Gasteiger partial charge is 0.328 e. The van der Waals surface area contributed by atoms with Gasteiger partial charge in [0.25, 0.3) is 10.0 Å². The smallest absolute Gasteiger partial charge is 0.262 e. The molecule has 0 bridgehead atoms. The molecular weight excluding hydrogens is 418 g/mol. The van der Waals surface area contributed by atoms with Crippen molar-refractivity contribution in [1.82, 2.24) is 9.55 Å². The van der Waals surface area contributed by atoms with Gasteiger partial charge in [-0.1, -0.05) is 42.0 Å². The molecule has 6 heteroatoms. The lowest BCUT2D eigenvalue weighted by Gasteiger charge is -2.14. The molecule has 0 aliphatic heterocycles. The highest BCUT2D eigenvalue weighted by atomic mass is 32.2. The lowest BCUT2D eigenvalue weighted by atomic mass is 10.1. The van der Waals surface area contributed by atoms with Crippen molar-refractivity contribution in [2.45, 2.75) is 52.0 Å². The predicted octanol–water partition coefficient (Wildman–Crippen LogP) is 5.57. The van der Waals surface area contributed by atoms with Gasteiger partial charge >= 0.3 is 0 Å². The zero-order valence-electron chi connectivity index (χ0n) is 19.0. The normalized spacial score (nSPS) is 11.8. The van der Waals surface area contributed by atoms with E-state index < -0.39 is 10.0 Å². The Hall–Kier alpha value is -3.12. The van der Waals surface area contributed by atoms with Crippen LogP contribution in [0.5, 0.6) is 0 Å². The van der Waals surface area contributed by atoms with Gasteiger partial charge in [0.2, 0.25) is 0 Å². The maximum absolute atomic E-state index is 13.0. The molecule has 0 unspecified atom stereocenters. The quantitative estimate of drug-likeness (QED) is 0.403. The van der Waals surface area contributed by atoms with E-state index in [0.717, 1.165) is 58.5 Å². The third-order valence-corrected chi connectivity index (χ3v) is 7.45. The van der Waals surface area contributed by atoms with E-state index in [-0.39, 0.29) is 0 Å². The number of benzene rings is 3. The molecule has 1 heterocycles. The van der Waals surface area contributed by atoms with E-state index in [1.807, 2.05) is 75.4 Å². The zero-order valence-corrected chi connectivity index (χ0v) is 19.8. The summed E-state index contributed by atoms with van der Waals surface area (Å²) in [7, 11) is -3.65. The summed E-state index contributed by atoms with van der Waals surface area (Å²) < 4.78 is 31.0. The van der Waals surface area contributed by atoms with E-state index >= 15 is 0 Å². The molecule has 5 nitrogen and oxygen atoms in total. The number of hydrogen-bond donors (Lipinski definition) is 1. The van der Waals surface area contributed by atoms with Gasteiger partial charge < -0.3 is 4.57 Å². The van der Waals surface area contributed by atoms with Gasteiger partial charge in [-0.2, -0.15) is 0 Å². The van der Waals surface area contributed by atoms with Gasteiger partial charge in [0.05, 0.1) is 15.9 Å². The fourth-order valence-electron chi connectivity index (χ4n) is 4.46. The summed E-state index contributed by atoms with van der Waals surface area (Å²) in [5, 5.41) is 0. The summed E-state index contributed by atoms with van der Waals surface area (Å²) >= 11 is 0. The van der Waals surface area contributed by atoms with Crippen molar-refractivity contribution in [3.05, 3.63) is 88.7 Å². The first-order valence-corrected chi connectivity index (χ1v) is 12.4. The molecular formula is C26H29N3O2S. The maximum atomic E-state index is 13.0. The minimum absolute atomic E-state index is 0.352. The number of aromatic nitrogens is 2. The maximum Gasteiger partial charge on any atom is 0.262 e. The summed E-state index contributed by atoms with van der Waals surface area (Å²) in [6.45, 7) is 8.66. The van der Waals surface area contributed by atoms with Crippen LogP contribution in [0.4, 0.5) is 5.69 Å². The van der Waals surface area contributed by atoms with Crippen LogP contribution in [-0.4, -0.2) is 18.0 Å². The molecule has 3 aromatic carbocycles. The van der Waals surface area contributed by atoms with E-state index in [0.29, 0.717) is 10.6 Å². The number of anilines is 1. The van der Waals surface area contributed by atoms with Crippen LogP contribution in [0, 0.1) is 20.8 Å². The predicted molar refractivity (Wildman–Crippen MR) is 131 cm³/mol. The van der Waals surface area contributed by atoms with Gasteiger partial charge in [-0.3, -0.25) is 4.72 Å². The molecule has 0 saturated heterocycles. The van der Waals surface area contributed by atoms with Crippen LogP contribution >= 0.6 is 0 Å². The Balaban J connectivity index is 1.48. The highest BCUT2D eigenvalue weighted by Gasteiger charge is 2.20. The van der Waals surface area contributed by atoms with Crippen molar-refractivity contribution in [1.29, 1.82) is 0 Å². The third kappa shape index (κ3) is 4.41. The van der Waals surface area contributed by atoms with E-state index in [9.17, 15) is 8.42 Å². The van der Waals surface area contributed by atoms with Crippen LogP contribution < -0.4 is 4.72 Å². The second-order valence-electron chi connectivity index (χ2n) is 8.29. The van der Waals surface area contributed by atoms with Crippen LogP contribution in [0.1, 0.15) is 35.0 Å². The molecule has 0 radical (unpaired) electrons. The first kappa shape index (κ1) is 22.1. The standard InChI is InChI=1S/C26H29N3O2S/c1-5-29-24-9-7-6-8-23(24)27-25(29)15-12-21-10-13-22(14-11-21)28-32(30,31)26-19(3)16-18(2)17-20(26)4/h6-11,13-14,16-17,28H,5,12,15H2,1-4H3. The molecule has 0 amide bonds. The Bertz CT molecular complexity index is 1350. The van der Waals surface area contributed by atoms with Crippen molar-refractivity contribution >= 4 is 26.7 Å². The van der Waals surface area contributed by atoms with Crippen molar-refractivity contribution in [2.24, 2.45) is 0 Å². The number of nitrogens with one attached hydrogen (secondary N) is 1. The Morgan fingerprint density at radius 1 is 0.906 bits per heavy atom. The van der Waals surface area contributed by atoms with E-state index in [4.69, 9.17) is 4.98 Å². The molecule has 4 aromatic rings. The summed E-state index contributed by atoms with van der Waals surface area (Å²) in [6.07, 6.45) is 1.67. The molecule has 1 aromatic heterocycles. The van der Waals surface area contributed by atoms with E-state index in [1.54, 1.807) is 0 Å². The van der Waals surface area contributed by atoms with Crippen LogP contribution in [0.15, 0.2) is 65.6 Å². The first-order valence-electron chi connectivity index (χ1n) is 10.9. The van der Waals surface area contributed by atoms with E-state index in [2.05, 4.69) is 22.3 Å². The average Bonchev–Trinajstić information content (AvgIpc) is 3.09. The van der Waals surface area contributed by atoms with Gasteiger partial charge in [0.15, 0.2) is 0 Å². The van der Waals surface area contributed by atoms with Crippen molar-refractivity contribution < 1.29 is 8.42 Å². The Morgan fingerprint density at radius 2 is 1.56 bits per heavy atom. The summed E-state index contributed by atoms with van der Waals surface area (Å²) in [6, 6.07) is 19.6. The first-order chi connectivity index (χ1) is 15.3. The van der Waals surface area contributed by atoms with Crippen LogP contribution in [-0.2, 0) is 29.4 Å². The van der Waals surface area contributed by atoms with E-state index in [1.165, 1.54) is 0 Å². The molecule has 0 saturated carbocycles.